The molecule has 0 amide bonds. The van der Waals surface area contributed by atoms with Gasteiger partial charge in [0.25, 0.3) is 0 Å². The first-order chi connectivity index (χ1) is 7.61. The summed E-state index contributed by atoms with van der Waals surface area (Å²) in [7, 11) is 0. The number of nitrogens with two attached hydrogens (primary N) is 1. The van der Waals surface area contributed by atoms with Crippen LogP contribution in [0.1, 0.15) is 32.9 Å². The normalized spacial score (nSPS) is 12.2. The molecule has 1 aromatic rings. The Bertz CT molecular complexity index is 365. The Morgan fingerprint density at radius 2 is 2.25 bits per heavy atom. The fraction of sp³-hybridized carbons (Fsp3) is 0.500. The Morgan fingerprint density at radius 1 is 1.56 bits per heavy atom. The minimum atomic E-state index is 0.359. The number of aromatic nitrogens is 1. The largest absolute Gasteiger partial charge is 0.388 e. The molecule has 0 radical (unpaired) electrons. The number of hydrogen-bond donors (Lipinski definition) is 1. The Kier molecular flexibility index (Phi) is 4.68. The number of nitrogens with zero attached hydrogens (tertiary/aromatic N) is 2. The predicted molar refractivity (Wildman–Crippen MR) is 72.9 cm³/mol. The van der Waals surface area contributed by atoms with Crippen molar-refractivity contribution in [2.24, 2.45) is 5.73 Å². The van der Waals surface area contributed by atoms with Gasteiger partial charge >= 0.3 is 0 Å². The van der Waals surface area contributed by atoms with E-state index in [0.717, 1.165) is 24.3 Å². The van der Waals surface area contributed by atoms with Crippen LogP contribution < -0.4 is 10.6 Å². The van der Waals surface area contributed by atoms with Gasteiger partial charge in [-0.3, -0.25) is 4.98 Å². The van der Waals surface area contributed by atoms with Crippen molar-refractivity contribution in [3.8, 4) is 0 Å². The highest BCUT2D eigenvalue weighted by atomic mass is 32.1. The predicted octanol–water partition coefficient (Wildman–Crippen LogP) is 2.34. The maximum atomic E-state index is 5.69. The summed E-state index contributed by atoms with van der Waals surface area (Å²) < 4.78 is 0. The third-order valence-electron chi connectivity index (χ3n) is 2.79. The fourth-order valence-electron chi connectivity index (χ4n) is 1.76. The first-order valence-electron chi connectivity index (χ1n) is 5.63. The Balaban J connectivity index is 3.14. The van der Waals surface area contributed by atoms with Gasteiger partial charge in [0.15, 0.2) is 0 Å². The second kappa shape index (κ2) is 5.80. The SMILES string of the molecule is CCC(C)N(CC)c1cccnc1C(N)=S. The lowest BCUT2D eigenvalue weighted by Gasteiger charge is -2.30. The highest BCUT2D eigenvalue weighted by Gasteiger charge is 2.16. The van der Waals surface area contributed by atoms with E-state index in [1.165, 1.54) is 0 Å². The highest BCUT2D eigenvalue weighted by Crippen LogP contribution is 2.21. The van der Waals surface area contributed by atoms with Gasteiger partial charge in [0.05, 0.1) is 5.69 Å². The van der Waals surface area contributed by atoms with Gasteiger partial charge in [-0.25, -0.2) is 0 Å². The van der Waals surface area contributed by atoms with Crippen LogP contribution in [-0.2, 0) is 0 Å². The van der Waals surface area contributed by atoms with Crippen molar-refractivity contribution < 1.29 is 0 Å². The van der Waals surface area contributed by atoms with Gasteiger partial charge in [-0.15, -0.1) is 0 Å². The Morgan fingerprint density at radius 3 is 2.75 bits per heavy atom. The van der Waals surface area contributed by atoms with Crippen molar-refractivity contribution >= 4 is 22.9 Å². The summed E-state index contributed by atoms with van der Waals surface area (Å²) in [5.41, 5.74) is 7.45. The van der Waals surface area contributed by atoms with E-state index in [-0.39, 0.29) is 0 Å². The second-order valence-electron chi connectivity index (χ2n) is 3.78. The summed E-state index contributed by atoms with van der Waals surface area (Å²) in [6.45, 7) is 7.42. The molecular weight excluding hydrogens is 218 g/mol. The Labute approximate surface area is 103 Å². The van der Waals surface area contributed by atoms with Gasteiger partial charge in [-0.05, 0) is 32.4 Å². The first kappa shape index (κ1) is 12.9. The molecule has 0 spiro atoms. The highest BCUT2D eigenvalue weighted by molar-refractivity contribution is 7.80. The molecule has 1 heterocycles. The quantitative estimate of drug-likeness (QED) is 0.798. The van der Waals surface area contributed by atoms with Crippen molar-refractivity contribution in [1.82, 2.24) is 4.98 Å². The van der Waals surface area contributed by atoms with E-state index >= 15 is 0 Å². The van der Waals surface area contributed by atoms with Crippen LogP contribution in [0.5, 0.6) is 0 Å². The van der Waals surface area contributed by atoms with E-state index in [2.05, 4.69) is 30.7 Å². The minimum absolute atomic E-state index is 0.359. The molecule has 0 saturated heterocycles. The molecule has 0 bridgehead atoms. The van der Waals surface area contributed by atoms with E-state index in [1.807, 2.05) is 12.1 Å². The zero-order valence-corrected chi connectivity index (χ0v) is 10.9. The van der Waals surface area contributed by atoms with Crippen LogP contribution in [0, 0.1) is 0 Å². The molecule has 0 fully saturated rings. The minimum Gasteiger partial charge on any atom is -0.388 e. The van der Waals surface area contributed by atoms with Crippen LogP contribution >= 0.6 is 12.2 Å². The van der Waals surface area contributed by atoms with Crippen molar-refractivity contribution in [1.29, 1.82) is 0 Å². The molecule has 0 aliphatic rings. The summed E-state index contributed by atoms with van der Waals surface area (Å²) in [5.74, 6) is 0. The molecule has 0 aromatic carbocycles. The van der Waals surface area contributed by atoms with E-state index < -0.39 is 0 Å². The standard InChI is InChI=1S/C12H19N3S/c1-4-9(3)15(5-2)10-7-6-8-14-11(10)12(13)16/h6-9H,4-5H2,1-3H3,(H2,13,16). The van der Waals surface area contributed by atoms with Gasteiger partial charge in [-0.1, -0.05) is 19.1 Å². The van der Waals surface area contributed by atoms with Crippen LogP contribution in [0.25, 0.3) is 0 Å². The second-order valence-corrected chi connectivity index (χ2v) is 4.22. The molecule has 16 heavy (non-hydrogen) atoms. The van der Waals surface area contributed by atoms with E-state index in [4.69, 9.17) is 18.0 Å². The van der Waals surface area contributed by atoms with Gasteiger partial charge in [0.1, 0.15) is 10.7 Å². The van der Waals surface area contributed by atoms with Crippen LogP contribution in [-0.4, -0.2) is 22.6 Å². The molecular formula is C12H19N3S. The molecule has 2 N–H and O–H groups in total. The molecule has 0 saturated carbocycles. The fourth-order valence-corrected chi connectivity index (χ4v) is 1.92. The number of thiocarbonyl (C=S) groups is 1. The lowest BCUT2D eigenvalue weighted by molar-refractivity contribution is 0.628. The molecule has 1 aromatic heterocycles. The first-order valence-corrected chi connectivity index (χ1v) is 6.04. The lowest BCUT2D eigenvalue weighted by Crippen LogP contribution is -2.34. The molecule has 1 atom stereocenters. The topological polar surface area (TPSA) is 42.2 Å². The number of pyridine rings is 1. The van der Waals surface area contributed by atoms with E-state index in [1.54, 1.807) is 6.20 Å². The molecule has 3 nitrogen and oxygen atoms in total. The number of hydrogen-bond acceptors (Lipinski definition) is 3. The molecule has 0 aliphatic carbocycles. The van der Waals surface area contributed by atoms with Crippen LogP contribution in [0.3, 0.4) is 0 Å². The maximum absolute atomic E-state index is 5.69. The van der Waals surface area contributed by atoms with Crippen molar-refractivity contribution in [3.63, 3.8) is 0 Å². The van der Waals surface area contributed by atoms with Gasteiger partial charge < -0.3 is 10.6 Å². The van der Waals surface area contributed by atoms with Gasteiger partial charge in [0, 0.05) is 18.8 Å². The van der Waals surface area contributed by atoms with Crippen LogP contribution in [0.15, 0.2) is 18.3 Å². The summed E-state index contributed by atoms with van der Waals surface area (Å²) in [5, 5.41) is 0. The summed E-state index contributed by atoms with van der Waals surface area (Å²) in [4.78, 5) is 6.89. The van der Waals surface area contributed by atoms with Gasteiger partial charge in [0.2, 0.25) is 0 Å². The van der Waals surface area contributed by atoms with E-state index in [9.17, 15) is 0 Å². The lowest BCUT2D eigenvalue weighted by atomic mass is 10.1. The van der Waals surface area contributed by atoms with Crippen LogP contribution in [0.4, 0.5) is 5.69 Å². The van der Waals surface area contributed by atoms with Crippen molar-refractivity contribution in [2.45, 2.75) is 33.2 Å². The monoisotopic (exact) mass is 237 g/mol. The van der Waals surface area contributed by atoms with Gasteiger partial charge in [-0.2, -0.15) is 0 Å². The molecule has 0 aliphatic heterocycles. The average molecular weight is 237 g/mol. The van der Waals surface area contributed by atoms with Crippen LogP contribution in [0.2, 0.25) is 0 Å². The molecule has 1 rings (SSSR count). The molecule has 88 valence electrons. The summed E-state index contributed by atoms with van der Waals surface area (Å²) in [6, 6.07) is 4.40. The van der Waals surface area contributed by atoms with E-state index in [0.29, 0.717) is 11.0 Å². The third kappa shape index (κ3) is 2.70. The summed E-state index contributed by atoms with van der Waals surface area (Å²) >= 11 is 5.03. The molecule has 4 heteroatoms. The zero-order chi connectivity index (χ0) is 12.1. The summed E-state index contributed by atoms with van der Waals surface area (Å²) in [6.07, 6.45) is 2.81. The third-order valence-corrected chi connectivity index (χ3v) is 2.99. The maximum Gasteiger partial charge on any atom is 0.124 e. The molecule has 1 unspecified atom stereocenters. The number of anilines is 1. The Hall–Kier alpha value is -1.16. The zero-order valence-electron chi connectivity index (χ0n) is 10.1. The average Bonchev–Trinajstić information content (AvgIpc) is 2.30. The smallest absolute Gasteiger partial charge is 0.124 e. The van der Waals surface area contributed by atoms with Crippen molar-refractivity contribution in [3.05, 3.63) is 24.0 Å². The number of rotatable bonds is 5. The van der Waals surface area contributed by atoms with Crippen molar-refractivity contribution in [2.75, 3.05) is 11.4 Å².